The number of aromatic hydroxyl groups is 1. The SMILES string of the molecule is COc1cccc(C=C2C(=O)N=NC2=O)c1O. The number of ether oxygens (including phenoxy) is 1. The van der Waals surface area contributed by atoms with Crippen molar-refractivity contribution >= 4 is 17.9 Å². The van der Waals surface area contributed by atoms with Gasteiger partial charge in [-0.25, -0.2) is 0 Å². The van der Waals surface area contributed by atoms with Gasteiger partial charge in [0.25, 0.3) is 0 Å². The molecule has 1 N–H and O–H groups in total. The van der Waals surface area contributed by atoms with E-state index in [9.17, 15) is 14.7 Å². The van der Waals surface area contributed by atoms with Crippen molar-refractivity contribution in [1.82, 2.24) is 0 Å². The molecule has 2 amide bonds. The molecule has 86 valence electrons. The molecule has 1 heterocycles. The van der Waals surface area contributed by atoms with E-state index in [1.807, 2.05) is 0 Å². The Labute approximate surface area is 96.2 Å². The molecule has 0 aliphatic carbocycles. The number of azo groups is 1. The Balaban J connectivity index is 2.46. The molecule has 0 unspecified atom stereocenters. The molecule has 0 bridgehead atoms. The minimum Gasteiger partial charge on any atom is -0.504 e. The van der Waals surface area contributed by atoms with E-state index in [1.54, 1.807) is 18.2 Å². The van der Waals surface area contributed by atoms with E-state index in [0.29, 0.717) is 5.56 Å². The molecule has 0 saturated carbocycles. The van der Waals surface area contributed by atoms with E-state index in [2.05, 4.69) is 10.2 Å². The van der Waals surface area contributed by atoms with Crippen molar-refractivity contribution < 1.29 is 19.4 Å². The molecular weight excluding hydrogens is 224 g/mol. The van der Waals surface area contributed by atoms with Crippen LogP contribution in [0.25, 0.3) is 6.08 Å². The fraction of sp³-hybridized carbons (Fsp3) is 0.0909. The van der Waals surface area contributed by atoms with Gasteiger partial charge in [0.1, 0.15) is 5.57 Å². The Morgan fingerprint density at radius 2 is 1.88 bits per heavy atom. The first-order valence-corrected chi connectivity index (χ1v) is 4.71. The Hall–Kier alpha value is -2.50. The van der Waals surface area contributed by atoms with Crippen LogP contribution in [-0.4, -0.2) is 24.0 Å². The van der Waals surface area contributed by atoms with Gasteiger partial charge in [-0.3, -0.25) is 9.59 Å². The lowest BCUT2D eigenvalue weighted by atomic mass is 10.1. The van der Waals surface area contributed by atoms with Crippen molar-refractivity contribution in [3.63, 3.8) is 0 Å². The van der Waals surface area contributed by atoms with Crippen LogP contribution >= 0.6 is 0 Å². The fourth-order valence-electron chi connectivity index (χ4n) is 1.39. The number of hydrogen-bond donors (Lipinski definition) is 1. The molecule has 6 heteroatoms. The summed E-state index contributed by atoms with van der Waals surface area (Å²) in [7, 11) is 1.41. The van der Waals surface area contributed by atoms with Gasteiger partial charge in [0.05, 0.1) is 7.11 Å². The summed E-state index contributed by atoms with van der Waals surface area (Å²) in [5.41, 5.74) is 0.127. The second kappa shape index (κ2) is 4.17. The molecule has 0 fully saturated rings. The Kier molecular flexibility index (Phi) is 2.70. The second-order valence-corrected chi connectivity index (χ2v) is 3.27. The van der Waals surface area contributed by atoms with Crippen LogP contribution in [0.2, 0.25) is 0 Å². The number of carbonyl (C=O) groups excluding carboxylic acids is 2. The maximum absolute atomic E-state index is 11.2. The van der Waals surface area contributed by atoms with Crippen LogP contribution in [0, 0.1) is 0 Å². The number of hydrogen-bond acceptors (Lipinski definition) is 4. The third-order valence-electron chi connectivity index (χ3n) is 2.24. The minimum atomic E-state index is -0.711. The fourth-order valence-corrected chi connectivity index (χ4v) is 1.39. The summed E-state index contributed by atoms with van der Waals surface area (Å²) in [5.74, 6) is -1.31. The lowest BCUT2D eigenvalue weighted by Crippen LogP contribution is -2.00. The molecule has 2 rings (SSSR count). The molecule has 6 nitrogen and oxygen atoms in total. The van der Waals surface area contributed by atoms with Gasteiger partial charge < -0.3 is 9.84 Å². The number of para-hydroxylation sites is 1. The van der Waals surface area contributed by atoms with Crippen LogP contribution in [0.4, 0.5) is 0 Å². The van der Waals surface area contributed by atoms with E-state index >= 15 is 0 Å². The van der Waals surface area contributed by atoms with Gasteiger partial charge in [-0.15, -0.1) is 10.2 Å². The first-order chi connectivity index (χ1) is 8.13. The summed E-state index contributed by atoms with van der Waals surface area (Å²) in [5, 5.41) is 16.0. The van der Waals surface area contributed by atoms with Crippen molar-refractivity contribution in [2.24, 2.45) is 10.2 Å². The number of phenols is 1. The van der Waals surface area contributed by atoms with Gasteiger partial charge in [0, 0.05) is 5.56 Å². The first-order valence-electron chi connectivity index (χ1n) is 4.71. The lowest BCUT2D eigenvalue weighted by Gasteiger charge is -2.05. The quantitative estimate of drug-likeness (QED) is 0.614. The van der Waals surface area contributed by atoms with E-state index in [-0.39, 0.29) is 17.1 Å². The molecule has 1 aromatic rings. The zero-order chi connectivity index (χ0) is 12.4. The molecule has 0 saturated heterocycles. The lowest BCUT2D eigenvalue weighted by molar-refractivity contribution is -0.117. The summed E-state index contributed by atoms with van der Waals surface area (Å²) < 4.78 is 4.91. The average Bonchev–Trinajstić information content (AvgIpc) is 2.63. The molecule has 0 aromatic heterocycles. The van der Waals surface area contributed by atoms with Gasteiger partial charge in [-0.2, -0.15) is 0 Å². The normalized spacial score (nSPS) is 14.3. The standard InChI is InChI=1S/C11H8N2O4/c1-17-8-4-2-3-6(9(8)14)5-7-10(15)12-13-11(7)16/h2-5,14H,1H3. The molecule has 1 aromatic carbocycles. The van der Waals surface area contributed by atoms with Gasteiger partial charge >= 0.3 is 11.8 Å². The van der Waals surface area contributed by atoms with Gasteiger partial charge in [0.15, 0.2) is 11.5 Å². The van der Waals surface area contributed by atoms with Gasteiger partial charge in [-0.1, -0.05) is 12.1 Å². The molecule has 1 aliphatic rings. The number of nitrogens with zero attached hydrogens (tertiary/aromatic N) is 2. The number of rotatable bonds is 2. The summed E-state index contributed by atoms with van der Waals surface area (Å²) in [6.45, 7) is 0. The maximum atomic E-state index is 11.2. The van der Waals surface area contributed by atoms with Crippen LogP contribution in [0.5, 0.6) is 11.5 Å². The van der Waals surface area contributed by atoms with Gasteiger partial charge in [0.2, 0.25) is 0 Å². The van der Waals surface area contributed by atoms with Crippen LogP contribution in [0.15, 0.2) is 34.0 Å². The highest BCUT2D eigenvalue weighted by molar-refractivity contribution is 6.25. The highest BCUT2D eigenvalue weighted by Gasteiger charge is 2.24. The first kappa shape index (κ1) is 11.0. The van der Waals surface area contributed by atoms with Crippen LogP contribution in [-0.2, 0) is 9.59 Å². The predicted octanol–water partition coefficient (Wildman–Crippen LogP) is 1.30. The molecule has 0 radical (unpaired) electrons. The molecule has 17 heavy (non-hydrogen) atoms. The zero-order valence-electron chi connectivity index (χ0n) is 8.88. The van der Waals surface area contributed by atoms with E-state index < -0.39 is 11.8 Å². The van der Waals surface area contributed by atoms with Crippen LogP contribution in [0.3, 0.4) is 0 Å². The van der Waals surface area contributed by atoms with Crippen molar-refractivity contribution in [1.29, 1.82) is 0 Å². The number of phenolic OH excluding ortho intramolecular Hbond substituents is 1. The van der Waals surface area contributed by atoms with Crippen molar-refractivity contribution in [3.05, 3.63) is 29.3 Å². The Bertz CT molecular complexity index is 541. The summed E-state index contributed by atoms with van der Waals surface area (Å²) >= 11 is 0. The minimum absolute atomic E-state index is 0.144. The summed E-state index contributed by atoms with van der Waals surface area (Å²) in [6, 6.07) is 4.73. The number of methoxy groups -OCH3 is 1. The highest BCUT2D eigenvalue weighted by atomic mass is 16.5. The third-order valence-corrected chi connectivity index (χ3v) is 2.24. The molecule has 0 atom stereocenters. The number of carbonyl (C=O) groups is 2. The third kappa shape index (κ3) is 1.92. The number of benzene rings is 1. The van der Waals surface area contributed by atoms with Gasteiger partial charge in [-0.05, 0) is 12.1 Å². The van der Waals surface area contributed by atoms with E-state index in [0.717, 1.165) is 0 Å². The highest BCUT2D eigenvalue weighted by Crippen LogP contribution is 2.31. The van der Waals surface area contributed by atoms with Crippen LogP contribution < -0.4 is 4.74 Å². The second-order valence-electron chi connectivity index (χ2n) is 3.27. The van der Waals surface area contributed by atoms with E-state index in [1.165, 1.54) is 13.2 Å². The largest absolute Gasteiger partial charge is 0.504 e. The Morgan fingerprint density at radius 1 is 1.24 bits per heavy atom. The zero-order valence-corrected chi connectivity index (χ0v) is 8.88. The van der Waals surface area contributed by atoms with Crippen LogP contribution in [0.1, 0.15) is 5.56 Å². The Morgan fingerprint density at radius 3 is 2.47 bits per heavy atom. The monoisotopic (exact) mass is 232 g/mol. The summed E-state index contributed by atoms with van der Waals surface area (Å²) in [6.07, 6.45) is 1.24. The number of amides is 2. The maximum Gasteiger partial charge on any atom is 0.301 e. The average molecular weight is 232 g/mol. The van der Waals surface area contributed by atoms with E-state index in [4.69, 9.17) is 4.74 Å². The topological polar surface area (TPSA) is 88.3 Å². The molecule has 1 aliphatic heterocycles. The van der Waals surface area contributed by atoms with Crippen molar-refractivity contribution in [2.75, 3.05) is 7.11 Å². The van der Waals surface area contributed by atoms with Crippen molar-refractivity contribution in [3.8, 4) is 11.5 Å². The van der Waals surface area contributed by atoms with Crippen molar-refractivity contribution in [2.45, 2.75) is 0 Å². The summed E-state index contributed by atoms with van der Waals surface area (Å²) in [4.78, 5) is 22.4. The predicted molar refractivity (Wildman–Crippen MR) is 57.5 cm³/mol. The molecular formula is C11H8N2O4. The molecule has 0 spiro atoms. The smallest absolute Gasteiger partial charge is 0.301 e.